The van der Waals surface area contributed by atoms with Gasteiger partial charge >= 0.3 is 0 Å². The molecule has 140 valence electrons. The smallest absolute Gasteiger partial charge is 0.143 e. The van der Waals surface area contributed by atoms with Crippen molar-refractivity contribution in [2.24, 2.45) is 0 Å². The third kappa shape index (κ3) is 4.34. The highest BCUT2D eigenvalue weighted by Gasteiger charge is 2.37. The van der Waals surface area contributed by atoms with Gasteiger partial charge in [-0.05, 0) is 28.8 Å². The number of hydrogen-bond donors (Lipinski definition) is 2. The predicted molar refractivity (Wildman–Crippen MR) is 118 cm³/mol. The zero-order chi connectivity index (χ0) is 19.1. The summed E-state index contributed by atoms with van der Waals surface area (Å²) in [5, 5.41) is 0.0402. The molecule has 0 aromatic heterocycles. The van der Waals surface area contributed by atoms with Gasteiger partial charge in [-0.15, -0.1) is 0 Å². The molecule has 4 heteroatoms. The molecular weight excluding hydrogens is 372 g/mol. The minimum Gasteiger partial charge on any atom is -0.497 e. The van der Waals surface area contributed by atoms with Gasteiger partial charge in [0, 0.05) is 11.0 Å². The predicted octanol–water partition coefficient (Wildman–Crippen LogP) is 5.23. The summed E-state index contributed by atoms with van der Waals surface area (Å²) in [5.41, 5.74) is 2.45. The first kappa shape index (κ1) is 19.9. The van der Waals surface area contributed by atoms with E-state index in [9.17, 15) is 0 Å². The van der Waals surface area contributed by atoms with Gasteiger partial charge in [0.15, 0.2) is 0 Å². The Morgan fingerprint density at radius 3 is 1.70 bits per heavy atom. The lowest BCUT2D eigenvalue weighted by Gasteiger charge is -2.36. The van der Waals surface area contributed by atoms with Gasteiger partial charge in [-0.25, -0.2) is 0 Å². The molecule has 3 rings (SSSR count). The zero-order valence-corrected chi connectivity index (χ0v) is 17.1. The van der Waals surface area contributed by atoms with Gasteiger partial charge in [0.2, 0.25) is 0 Å². The molecule has 27 heavy (non-hydrogen) atoms. The molecule has 0 saturated heterocycles. The van der Waals surface area contributed by atoms with Crippen molar-refractivity contribution in [3.63, 3.8) is 0 Å². The van der Waals surface area contributed by atoms with Gasteiger partial charge in [0.1, 0.15) is 11.4 Å². The van der Waals surface area contributed by atoms with Crippen molar-refractivity contribution in [3.8, 4) is 5.75 Å². The van der Waals surface area contributed by atoms with Crippen LogP contribution in [0.2, 0.25) is 0 Å². The Morgan fingerprint density at radius 2 is 1.26 bits per heavy atom. The third-order valence-electron chi connectivity index (χ3n) is 4.56. The average molecular weight is 397 g/mol. The molecule has 0 heterocycles. The van der Waals surface area contributed by atoms with Crippen molar-refractivity contribution < 1.29 is 9.47 Å². The summed E-state index contributed by atoms with van der Waals surface area (Å²) in [6.07, 6.45) is 0. The van der Waals surface area contributed by atoms with E-state index in [1.165, 1.54) is 0 Å². The normalized spacial score (nSPS) is 12.6. The van der Waals surface area contributed by atoms with E-state index in [2.05, 4.69) is 61.7 Å². The number of methoxy groups -OCH3 is 1. The first-order chi connectivity index (χ1) is 13.2. The molecular formula is C23H24O2S2. The average Bonchev–Trinajstić information content (AvgIpc) is 2.76. The Hall–Kier alpha value is -1.88. The van der Waals surface area contributed by atoms with Crippen molar-refractivity contribution in [2.75, 3.05) is 19.5 Å². The van der Waals surface area contributed by atoms with Crippen LogP contribution in [0.15, 0.2) is 84.9 Å². The number of thiol groups is 2. The molecule has 0 aliphatic carbocycles. The van der Waals surface area contributed by atoms with Gasteiger partial charge in [-0.1, -0.05) is 72.8 Å². The van der Waals surface area contributed by atoms with Crippen LogP contribution < -0.4 is 4.74 Å². The maximum Gasteiger partial charge on any atom is 0.143 e. The second kappa shape index (κ2) is 9.36. The summed E-state index contributed by atoms with van der Waals surface area (Å²) in [6, 6.07) is 28.7. The van der Waals surface area contributed by atoms with E-state index >= 15 is 0 Å². The molecule has 0 radical (unpaired) electrons. The van der Waals surface area contributed by atoms with Crippen LogP contribution in [0, 0.1) is 0 Å². The van der Waals surface area contributed by atoms with Crippen LogP contribution in [-0.4, -0.2) is 24.7 Å². The van der Waals surface area contributed by atoms with Gasteiger partial charge in [-0.2, -0.15) is 25.3 Å². The fraction of sp³-hybridized carbons (Fsp3) is 0.217. The van der Waals surface area contributed by atoms with E-state index in [1.54, 1.807) is 7.11 Å². The second-order valence-corrected chi connectivity index (χ2v) is 7.38. The van der Waals surface area contributed by atoms with Crippen LogP contribution in [0.25, 0.3) is 0 Å². The lowest BCUT2D eigenvalue weighted by Crippen LogP contribution is -2.35. The Balaban J connectivity index is 2.20. The summed E-state index contributed by atoms with van der Waals surface area (Å²) < 4.78 is 12.0. The molecule has 0 aliphatic rings. The largest absolute Gasteiger partial charge is 0.497 e. The Kier molecular flexibility index (Phi) is 6.89. The van der Waals surface area contributed by atoms with E-state index in [-0.39, 0.29) is 5.25 Å². The van der Waals surface area contributed by atoms with Crippen LogP contribution in [0.5, 0.6) is 5.75 Å². The Bertz CT molecular complexity index is 781. The SMILES string of the molecule is COc1ccc(C(OC[C@H](S)CS)(c2ccccc2)c2ccccc2)cc1. The van der Waals surface area contributed by atoms with Crippen LogP contribution in [0.3, 0.4) is 0 Å². The minimum absolute atomic E-state index is 0.0402. The highest BCUT2D eigenvalue weighted by atomic mass is 32.1. The quantitative estimate of drug-likeness (QED) is 0.401. The van der Waals surface area contributed by atoms with Gasteiger partial charge in [-0.3, -0.25) is 0 Å². The van der Waals surface area contributed by atoms with Crippen molar-refractivity contribution >= 4 is 25.3 Å². The second-order valence-electron chi connectivity index (χ2n) is 6.29. The minimum atomic E-state index is -0.737. The molecule has 1 atom stereocenters. The zero-order valence-electron chi connectivity index (χ0n) is 15.3. The molecule has 0 saturated carbocycles. The van der Waals surface area contributed by atoms with Gasteiger partial charge in [0.05, 0.1) is 13.7 Å². The van der Waals surface area contributed by atoms with Crippen molar-refractivity contribution in [1.82, 2.24) is 0 Å². The molecule has 0 spiro atoms. The summed E-state index contributed by atoms with van der Waals surface area (Å²) in [7, 11) is 1.67. The van der Waals surface area contributed by atoms with Crippen LogP contribution in [-0.2, 0) is 10.3 Å². The number of ether oxygens (including phenoxy) is 2. The number of benzene rings is 3. The van der Waals surface area contributed by atoms with E-state index in [4.69, 9.17) is 9.47 Å². The summed E-state index contributed by atoms with van der Waals surface area (Å²) in [4.78, 5) is 0. The molecule has 0 aliphatic heterocycles. The van der Waals surface area contributed by atoms with Gasteiger partial charge < -0.3 is 9.47 Å². The Labute approximate surface area is 172 Å². The summed E-state index contributed by atoms with van der Waals surface area (Å²) in [6.45, 7) is 0.475. The van der Waals surface area contributed by atoms with Crippen molar-refractivity contribution in [2.45, 2.75) is 10.9 Å². The molecule has 0 amide bonds. The lowest BCUT2D eigenvalue weighted by molar-refractivity contribution is 0.0159. The van der Waals surface area contributed by atoms with Crippen molar-refractivity contribution in [3.05, 3.63) is 102 Å². The first-order valence-electron chi connectivity index (χ1n) is 8.89. The number of hydrogen-bond acceptors (Lipinski definition) is 4. The van der Waals surface area contributed by atoms with E-state index in [0.717, 1.165) is 22.4 Å². The van der Waals surface area contributed by atoms with Crippen molar-refractivity contribution in [1.29, 1.82) is 0 Å². The lowest BCUT2D eigenvalue weighted by atomic mass is 9.80. The molecule has 0 bridgehead atoms. The highest BCUT2D eigenvalue weighted by Crippen LogP contribution is 2.41. The van der Waals surface area contributed by atoms with E-state index < -0.39 is 5.60 Å². The number of rotatable bonds is 8. The van der Waals surface area contributed by atoms with Crippen LogP contribution in [0.4, 0.5) is 0 Å². The molecule has 0 N–H and O–H groups in total. The highest BCUT2D eigenvalue weighted by molar-refractivity contribution is 7.84. The third-order valence-corrected chi connectivity index (χ3v) is 5.62. The standard InChI is InChI=1S/C23H24O2S2/c1-24-21-14-12-20(13-15-21)23(25-16-22(27)17-26,18-8-4-2-5-9-18)19-10-6-3-7-11-19/h2-15,22,26-27H,16-17H2,1H3/t22-/m0/s1. The maximum atomic E-state index is 6.65. The topological polar surface area (TPSA) is 18.5 Å². The molecule has 0 unspecified atom stereocenters. The van der Waals surface area contributed by atoms with E-state index in [0.29, 0.717) is 12.4 Å². The summed E-state index contributed by atoms with van der Waals surface area (Å²) in [5.74, 6) is 1.46. The maximum absolute atomic E-state index is 6.65. The van der Waals surface area contributed by atoms with Gasteiger partial charge in [0.25, 0.3) is 0 Å². The monoisotopic (exact) mass is 396 g/mol. The molecule has 3 aromatic rings. The molecule has 3 aromatic carbocycles. The fourth-order valence-corrected chi connectivity index (χ4v) is 3.38. The Morgan fingerprint density at radius 1 is 0.778 bits per heavy atom. The molecule has 0 fully saturated rings. The molecule has 2 nitrogen and oxygen atoms in total. The van der Waals surface area contributed by atoms with E-state index in [1.807, 2.05) is 48.5 Å². The first-order valence-corrected chi connectivity index (χ1v) is 10.0. The van der Waals surface area contributed by atoms with Crippen LogP contribution in [0.1, 0.15) is 16.7 Å². The van der Waals surface area contributed by atoms with Crippen LogP contribution >= 0.6 is 25.3 Å². The summed E-state index contributed by atoms with van der Waals surface area (Å²) >= 11 is 8.95. The fourth-order valence-electron chi connectivity index (χ4n) is 3.20.